The van der Waals surface area contributed by atoms with Crippen LogP contribution < -0.4 is 24.7 Å². The second-order valence-corrected chi connectivity index (χ2v) is 12.6. The molecule has 4 aliphatic rings. The average Bonchev–Trinajstić information content (AvgIpc) is 3.86. The number of benzene rings is 2. The monoisotopic (exact) mass is 719 g/mol. The number of fused-ring (bicyclic) bond motifs is 2. The smallest absolute Gasteiger partial charge is 0.197 e. The van der Waals surface area contributed by atoms with Crippen LogP contribution in [0.4, 0.5) is 8.78 Å². The first kappa shape index (κ1) is 42.0. The topological polar surface area (TPSA) is 110 Å². The van der Waals surface area contributed by atoms with Gasteiger partial charge in [0.1, 0.15) is 26.4 Å². The lowest BCUT2D eigenvalue weighted by molar-refractivity contribution is 0.0930. The van der Waals surface area contributed by atoms with Gasteiger partial charge in [-0.2, -0.15) is 0 Å². The number of hydrogen-bond donors (Lipinski definition) is 3. The van der Waals surface area contributed by atoms with Crippen LogP contribution in [0.15, 0.2) is 24.3 Å². The second kappa shape index (κ2) is 21.8. The van der Waals surface area contributed by atoms with E-state index >= 15 is 0 Å². The van der Waals surface area contributed by atoms with E-state index in [1.165, 1.54) is 37.8 Å². The van der Waals surface area contributed by atoms with Gasteiger partial charge >= 0.3 is 0 Å². The van der Waals surface area contributed by atoms with E-state index in [4.69, 9.17) is 31.1 Å². The molecule has 2 saturated heterocycles. The van der Waals surface area contributed by atoms with Crippen molar-refractivity contribution in [3.05, 3.63) is 47.0 Å². The van der Waals surface area contributed by atoms with Crippen molar-refractivity contribution in [2.45, 2.75) is 65.2 Å². The number of ether oxygens (including phenoxy) is 4. The largest absolute Gasteiger partial charge is 0.486 e. The molecule has 52 heavy (non-hydrogen) atoms. The van der Waals surface area contributed by atoms with Crippen LogP contribution in [0.3, 0.4) is 0 Å². The second-order valence-electron chi connectivity index (χ2n) is 12.6. The molecule has 0 amide bonds. The van der Waals surface area contributed by atoms with Gasteiger partial charge in [0, 0.05) is 19.1 Å². The van der Waals surface area contributed by atoms with Crippen molar-refractivity contribution in [2.24, 2.45) is 11.7 Å². The van der Waals surface area contributed by atoms with Crippen LogP contribution in [0.5, 0.6) is 23.0 Å². The Morgan fingerprint density at radius 3 is 1.65 bits per heavy atom. The summed E-state index contributed by atoms with van der Waals surface area (Å²) in [6.07, 6.45) is 7.98. The molecule has 0 spiro atoms. The van der Waals surface area contributed by atoms with Gasteiger partial charge in [0.25, 0.3) is 0 Å². The highest BCUT2D eigenvalue weighted by molar-refractivity contribution is 5.47. The summed E-state index contributed by atoms with van der Waals surface area (Å²) in [6, 6.07) is 5.50. The first-order valence-electron chi connectivity index (χ1n) is 17.3. The van der Waals surface area contributed by atoms with Crippen molar-refractivity contribution >= 4 is 0 Å². The molecule has 280 valence electrons. The standard InChI is InChI=1S/C16H22FNO3.C15H21FN2O3.C9H4.CH4/c1-11(10-18-4-2-3-5-18)15(19)12-8-13(17)16-14(9-12)20-6-7-21-16;16-11-7-10(8-13-15(11)21-6-5-20-13)14(19)12(17)9-18-3-1-2-4-18;1-3-5-7-9-8-6-4-2;/h8-9,11,15,19H,2-7,10H2,1H3;7-8,12,14,19H,1-6,9,17H2;1H,2H3;1H4/t11-,15+;12-,14-;;/m11../s1. The Balaban J connectivity index is 0.000000225. The molecule has 0 aliphatic carbocycles. The fourth-order valence-corrected chi connectivity index (χ4v) is 6.21. The van der Waals surface area contributed by atoms with Gasteiger partial charge < -0.3 is 44.7 Å². The Labute approximate surface area is 307 Å². The third kappa shape index (κ3) is 12.3. The first-order valence-corrected chi connectivity index (χ1v) is 17.3. The van der Waals surface area contributed by atoms with Gasteiger partial charge in [-0.05, 0) is 136 Å². The Kier molecular flexibility index (Phi) is 17.6. The minimum absolute atomic E-state index is 0. The van der Waals surface area contributed by atoms with Crippen LogP contribution in [0.1, 0.15) is 70.3 Å². The van der Waals surface area contributed by atoms with E-state index in [9.17, 15) is 19.0 Å². The summed E-state index contributed by atoms with van der Waals surface area (Å²) in [4.78, 5) is 4.57. The molecule has 4 N–H and O–H groups in total. The molecular formula is C41H51F2N3O6. The molecule has 4 heterocycles. The molecule has 2 aromatic carbocycles. The summed E-state index contributed by atoms with van der Waals surface area (Å²) in [7, 11) is 0. The van der Waals surface area contributed by atoms with Crippen molar-refractivity contribution in [1.82, 2.24) is 9.80 Å². The lowest BCUT2D eigenvalue weighted by Gasteiger charge is -2.26. The predicted molar refractivity (Wildman–Crippen MR) is 198 cm³/mol. The maximum atomic E-state index is 14.0. The van der Waals surface area contributed by atoms with E-state index in [2.05, 4.69) is 51.2 Å². The van der Waals surface area contributed by atoms with Crippen LogP contribution in [-0.2, 0) is 0 Å². The molecule has 0 bridgehead atoms. The molecule has 4 atom stereocenters. The summed E-state index contributed by atoms with van der Waals surface area (Å²) >= 11 is 0. The fraction of sp³-hybridized carbons (Fsp3) is 0.512. The van der Waals surface area contributed by atoms with Crippen molar-refractivity contribution < 1.29 is 37.9 Å². The van der Waals surface area contributed by atoms with Crippen molar-refractivity contribution in [1.29, 1.82) is 0 Å². The van der Waals surface area contributed by atoms with Crippen molar-refractivity contribution in [3.63, 3.8) is 0 Å². The summed E-state index contributed by atoms with van der Waals surface area (Å²) in [5.41, 5.74) is 7.06. The van der Waals surface area contributed by atoms with Crippen LogP contribution >= 0.6 is 0 Å². The number of likely N-dealkylation sites (tertiary alicyclic amines) is 2. The number of rotatable bonds is 8. The van der Waals surface area contributed by atoms with Gasteiger partial charge in [-0.25, -0.2) is 8.78 Å². The van der Waals surface area contributed by atoms with Gasteiger partial charge in [-0.3, -0.25) is 0 Å². The lowest BCUT2D eigenvalue weighted by Crippen LogP contribution is -2.40. The summed E-state index contributed by atoms with van der Waals surface area (Å²) in [5, 5.41) is 20.8. The maximum Gasteiger partial charge on any atom is 0.197 e. The Morgan fingerprint density at radius 1 is 0.712 bits per heavy atom. The number of nitrogens with zero attached hydrogens (tertiary/aromatic N) is 2. The lowest BCUT2D eigenvalue weighted by atomic mass is 9.96. The van der Waals surface area contributed by atoms with Gasteiger partial charge in [0.05, 0.1) is 12.2 Å². The van der Waals surface area contributed by atoms with Gasteiger partial charge in [-0.1, -0.05) is 20.3 Å². The highest BCUT2D eigenvalue weighted by Gasteiger charge is 2.27. The van der Waals surface area contributed by atoms with E-state index in [0.29, 0.717) is 55.6 Å². The normalized spacial score (nSPS) is 17.8. The first-order chi connectivity index (χ1) is 24.7. The maximum absolute atomic E-state index is 14.0. The van der Waals surface area contributed by atoms with Crippen LogP contribution in [0.2, 0.25) is 0 Å². The summed E-state index contributed by atoms with van der Waals surface area (Å²) in [6.45, 7) is 10.8. The molecule has 0 aromatic heterocycles. The van der Waals surface area contributed by atoms with Gasteiger partial charge in [0.2, 0.25) is 0 Å². The van der Waals surface area contributed by atoms with E-state index in [1.54, 1.807) is 19.1 Å². The molecule has 4 aliphatic heterocycles. The van der Waals surface area contributed by atoms with Crippen LogP contribution in [0.25, 0.3) is 0 Å². The van der Waals surface area contributed by atoms with Gasteiger partial charge in [0.15, 0.2) is 34.6 Å². The van der Waals surface area contributed by atoms with E-state index in [0.717, 1.165) is 32.7 Å². The van der Waals surface area contributed by atoms with E-state index in [1.807, 2.05) is 6.92 Å². The Hall–Kier alpha value is -4.46. The van der Waals surface area contributed by atoms with Crippen LogP contribution in [0, 0.1) is 65.4 Å². The number of hydrogen-bond acceptors (Lipinski definition) is 9. The fourth-order valence-electron chi connectivity index (χ4n) is 6.21. The molecule has 2 aromatic rings. The minimum Gasteiger partial charge on any atom is -0.486 e. The molecule has 2 fully saturated rings. The highest BCUT2D eigenvalue weighted by Crippen LogP contribution is 2.38. The van der Waals surface area contributed by atoms with E-state index in [-0.39, 0.29) is 24.8 Å². The van der Waals surface area contributed by atoms with Crippen molar-refractivity contribution in [3.8, 4) is 70.9 Å². The number of nitrogens with two attached hydrogens (primary N) is 1. The molecule has 0 radical (unpaired) electrons. The molecule has 6 rings (SSSR count). The van der Waals surface area contributed by atoms with Crippen LogP contribution in [-0.4, -0.2) is 91.8 Å². The van der Waals surface area contributed by atoms with Gasteiger partial charge in [-0.15, -0.1) is 6.42 Å². The zero-order valence-corrected chi connectivity index (χ0v) is 29.4. The average molecular weight is 720 g/mol. The quantitative estimate of drug-likeness (QED) is 0.335. The number of aliphatic hydroxyl groups is 2. The molecular weight excluding hydrogens is 668 g/mol. The number of terminal acetylenes is 1. The summed E-state index contributed by atoms with van der Waals surface area (Å²) < 4.78 is 49.3. The number of aliphatic hydroxyl groups excluding tert-OH is 2. The Bertz CT molecular complexity index is 1590. The molecule has 0 unspecified atom stereocenters. The highest BCUT2D eigenvalue weighted by atomic mass is 19.1. The SMILES string of the molecule is C.C#CC#CC#CC#CC.C[C@H](CN1CCCC1)[C@H](O)c1cc(F)c2c(c1)OCCO2.N[C@H](CN1CCCC1)[C@H](O)c1cc(F)c2c(c1)OCCO2. The minimum atomic E-state index is -0.920. The molecule has 0 saturated carbocycles. The molecule has 9 nitrogen and oxygen atoms in total. The third-order valence-corrected chi connectivity index (χ3v) is 8.73. The molecule has 11 heteroatoms. The number of halogens is 2. The predicted octanol–water partition coefficient (Wildman–Crippen LogP) is 4.70. The zero-order valence-electron chi connectivity index (χ0n) is 29.4. The van der Waals surface area contributed by atoms with Crippen molar-refractivity contribution in [2.75, 3.05) is 65.7 Å². The zero-order chi connectivity index (χ0) is 36.6. The Morgan fingerprint density at radius 2 is 1.15 bits per heavy atom. The summed E-state index contributed by atoms with van der Waals surface area (Å²) in [5.74, 6) is 17.0. The third-order valence-electron chi connectivity index (χ3n) is 8.73. The van der Waals surface area contributed by atoms with E-state index < -0.39 is 29.9 Å².